The maximum atomic E-state index is 9.24. The average molecular weight is 227 g/mol. The van der Waals surface area contributed by atoms with Crippen molar-refractivity contribution in [3.8, 4) is 0 Å². The average Bonchev–Trinajstić information content (AvgIpc) is 2.44. The van der Waals surface area contributed by atoms with Gasteiger partial charge in [0.05, 0.1) is 0 Å². The summed E-state index contributed by atoms with van der Waals surface area (Å²) in [5.41, 5.74) is 6.39. The lowest BCUT2D eigenvalue weighted by Crippen LogP contribution is -2.40. The molecule has 0 spiro atoms. The quantitative estimate of drug-likeness (QED) is 0.709. The van der Waals surface area contributed by atoms with Gasteiger partial charge in [-0.3, -0.25) is 0 Å². The van der Waals surface area contributed by atoms with Gasteiger partial charge >= 0.3 is 0 Å². The Kier molecular flexibility index (Phi) is 5.77. The topological polar surface area (TPSA) is 46.2 Å². The molecule has 1 saturated carbocycles. The van der Waals surface area contributed by atoms with Crippen LogP contribution in [0.25, 0.3) is 0 Å². The molecule has 0 radical (unpaired) electrons. The molecule has 0 aliphatic heterocycles. The third-order valence-corrected chi connectivity index (χ3v) is 4.61. The fourth-order valence-corrected chi connectivity index (χ4v) is 3.36. The van der Waals surface area contributed by atoms with Crippen molar-refractivity contribution in [3.05, 3.63) is 0 Å². The molecular weight excluding hydrogens is 198 g/mol. The highest BCUT2D eigenvalue weighted by Gasteiger charge is 2.35. The summed E-state index contributed by atoms with van der Waals surface area (Å²) in [5, 5.41) is 9.24. The smallest absolute Gasteiger partial charge is 0.0436 e. The molecule has 0 aromatic carbocycles. The van der Waals surface area contributed by atoms with Crippen molar-refractivity contribution in [2.24, 2.45) is 17.1 Å². The van der Waals surface area contributed by atoms with Crippen LogP contribution in [0.4, 0.5) is 0 Å². The summed E-state index contributed by atoms with van der Waals surface area (Å²) in [5.74, 6) is 0.907. The van der Waals surface area contributed by atoms with Crippen molar-refractivity contribution in [2.45, 2.75) is 71.3 Å². The predicted octanol–water partition coefficient (Wildman–Crippen LogP) is 3.08. The van der Waals surface area contributed by atoms with E-state index < -0.39 is 0 Å². The van der Waals surface area contributed by atoms with Crippen LogP contribution in [0.3, 0.4) is 0 Å². The summed E-state index contributed by atoms with van der Waals surface area (Å²) < 4.78 is 0. The van der Waals surface area contributed by atoms with Crippen LogP contribution in [0.2, 0.25) is 0 Å². The lowest BCUT2D eigenvalue weighted by Gasteiger charge is -2.36. The standard InChI is InChI=1S/C14H29NO/c1-3-5-13-6-4-8-14(9-7-13,10-11-16)12(2)15/h12-13,16H,3-11,15H2,1-2H3. The van der Waals surface area contributed by atoms with Crippen molar-refractivity contribution in [2.75, 3.05) is 6.61 Å². The van der Waals surface area contributed by atoms with Crippen LogP contribution in [0.1, 0.15) is 65.2 Å². The molecule has 3 N–H and O–H groups in total. The molecule has 1 aliphatic rings. The van der Waals surface area contributed by atoms with Crippen molar-refractivity contribution >= 4 is 0 Å². The maximum absolute atomic E-state index is 9.24. The lowest BCUT2D eigenvalue weighted by molar-refractivity contribution is 0.131. The van der Waals surface area contributed by atoms with Gasteiger partial charge in [-0.1, -0.05) is 32.6 Å². The zero-order valence-electron chi connectivity index (χ0n) is 11.0. The predicted molar refractivity (Wildman–Crippen MR) is 69.3 cm³/mol. The molecule has 2 nitrogen and oxygen atoms in total. The highest BCUT2D eigenvalue weighted by Crippen LogP contribution is 2.42. The molecule has 0 bridgehead atoms. The second-order valence-corrected chi connectivity index (χ2v) is 5.71. The van der Waals surface area contributed by atoms with Gasteiger partial charge in [0, 0.05) is 12.6 Å². The summed E-state index contributed by atoms with van der Waals surface area (Å²) in [6.45, 7) is 4.69. The summed E-state index contributed by atoms with van der Waals surface area (Å²) in [4.78, 5) is 0. The van der Waals surface area contributed by atoms with Gasteiger partial charge in [-0.05, 0) is 43.9 Å². The Balaban J connectivity index is 2.59. The van der Waals surface area contributed by atoms with Gasteiger partial charge in [-0.2, -0.15) is 0 Å². The summed E-state index contributed by atoms with van der Waals surface area (Å²) in [6.07, 6.45) is 9.98. The van der Waals surface area contributed by atoms with E-state index >= 15 is 0 Å². The van der Waals surface area contributed by atoms with E-state index in [1.165, 1.54) is 44.9 Å². The molecule has 0 amide bonds. The molecule has 1 rings (SSSR count). The van der Waals surface area contributed by atoms with Crippen LogP contribution in [0, 0.1) is 11.3 Å². The van der Waals surface area contributed by atoms with E-state index in [9.17, 15) is 5.11 Å². The van der Waals surface area contributed by atoms with Gasteiger partial charge in [0.25, 0.3) is 0 Å². The molecule has 2 heteroatoms. The van der Waals surface area contributed by atoms with Crippen LogP contribution >= 0.6 is 0 Å². The Morgan fingerprint density at radius 2 is 2.12 bits per heavy atom. The third kappa shape index (κ3) is 3.46. The van der Waals surface area contributed by atoms with E-state index in [-0.39, 0.29) is 11.5 Å². The number of rotatable bonds is 5. The number of nitrogens with two attached hydrogens (primary N) is 1. The molecule has 3 atom stereocenters. The van der Waals surface area contributed by atoms with Crippen LogP contribution in [-0.2, 0) is 0 Å². The molecule has 0 saturated heterocycles. The van der Waals surface area contributed by atoms with Gasteiger partial charge in [0.2, 0.25) is 0 Å². The zero-order valence-corrected chi connectivity index (χ0v) is 11.0. The Bertz CT molecular complexity index is 193. The minimum Gasteiger partial charge on any atom is -0.396 e. The monoisotopic (exact) mass is 227 g/mol. The minimum atomic E-state index is 0.219. The first kappa shape index (κ1) is 14.0. The second kappa shape index (κ2) is 6.61. The number of hydrogen-bond acceptors (Lipinski definition) is 2. The van der Waals surface area contributed by atoms with Crippen molar-refractivity contribution in [1.29, 1.82) is 0 Å². The fourth-order valence-electron chi connectivity index (χ4n) is 3.36. The lowest BCUT2D eigenvalue weighted by atomic mass is 9.72. The van der Waals surface area contributed by atoms with Crippen molar-refractivity contribution in [1.82, 2.24) is 0 Å². The summed E-state index contributed by atoms with van der Waals surface area (Å²) in [7, 11) is 0. The van der Waals surface area contributed by atoms with Crippen LogP contribution in [-0.4, -0.2) is 17.8 Å². The van der Waals surface area contributed by atoms with E-state index in [0.29, 0.717) is 6.61 Å². The normalized spacial score (nSPS) is 33.4. The molecule has 16 heavy (non-hydrogen) atoms. The van der Waals surface area contributed by atoms with Gasteiger partial charge in [-0.25, -0.2) is 0 Å². The first-order valence-corrected chi connectivity index (χ1v) is 7.01. The second-order valence-electron chi connectivity index (χ2n) is 5.71. The van der Waals surface area contributed by atoms with Crippen LogP contribution in [0.5, 0.6) is 0 Å². The Labute approximate surface area is 101 Å². The maximum Gasteiger partial charge on any atom is 0.0436 e. The largest absolute Gasteiger partial charge is 0.396 e. The van der Waals surface area contributed by atoms with Gasteiger partial charge in [-0.15, -0.1) is 0 Å². The van der Waals surface area contributed by atoms with Crippen LogP contribution < -0.4 is 5.73 Å². The fraction of sp³-hybridized carbons (Fsp3) is 1.00. The summed E-state index contributed by atoms with van der Waals surface area (Å²) >= 11 is 0. The van der Waals surface area contributed by atoms with E-state index in [2.05, 4.69) is 13.8 Å². The van der Waals surface area contributed by atoms with E-state index in [0.717, 1.165) is 12.3 Å². The van der Waals surface area contributed by atoms with Crippen LogP contribution in [0.15, 0.2) is 0 Å². The third-order valence-electron chi connectivity index (χ3n) is 4.61. The molecule has 3 unspecified atom stereocenters. The minimum absolute atomic E-state index is 0.219. The Morgan fingerprint density at radius 3 is 2.69 bits per heavy atom. The first-order valence-electron chi connectivity index (χ1n) is 7.01. The molecular formula is C14H29NO. The first-order chi connectivity index (χ1) is 7.64. The van der Waals surface area contributed by atoms with Gasteiger partial charge < -0.3 is 10.8 Å². The summed E-state index contributed by atoms with van der Waals surface area (Å²) in [6, 6.07) is 0.222. The van der Waals surface area contributed by atoms with Crippen molar-refractivity contribution < 1.29 is 5.11 Å². The number of aliphatic hydroxyl groups is 1. The number of aliphatic hydroxyl groups excluding tert-OH is 1. The van der Waals surface area contributed by atoms with Crippen molar-refractivity contribution in [3.63, 3.8) is 0 Å². The van der Waals surface area contributed by atoms with Gasteiger partial charge in [0.1, 0.15) is 0 Å². The van der Waals surface area contributed by atoms with E-state index in [1.807, 2.05) is 0 Å². The molecule has 1 aliphatic carbocycles. The molecule has 0 aromatic rings. The van der Waals surface area contributed by atoms with Gasteiger partial charge in [0.15, 0.2) is 0 Å². The zero-order chi connectivity index (χ0) is 12.0. The molecule has 96 valence electrons. The highest BCUT2D eigenvalue weighted by atomic mass is 16.3. The van der Waals surface area contributed by atoms with E-state index in [4.69, 9.17) is 5.73 Å². The Morgan fingerprint density at radius 1 is 1.38 bits per heavy atom. The van der Waals surface area contributed by atoms with E-state index in [1.54, 1.807) is 0 Å². The highest BCUT2D eigenvalue weighted by molar-refractivity contribution is 4.89. The molecule has 0 heterocycles. The molecule has 1 fully saturated rings. The SMILES string of the molecule is CCCC1CCCC(CCO)(C(C)N)CC1. The number of hydrogen-bond donors (Lipinski definition) is 2. The molecule has 0 aromatic heterocycles. The Hall–Kier alpha value is -0.0800.